The Morgan fingerprint density at radius 1 is 0.865 bits per heavy atom. The number of carboxylic acids is 2. The van der Waals surface area contributed by atoms with Crippen molar-refractivity contribution < 1.29 is 58.7 Å². The number of aliphatic carboxylic acids is 2. The van der Waals surface area contributed by atoms with Crippen LogP contribution < -0.4 is 0 Å². The van der Waals surface area contributed by atoms with Gasteiger partial charge in [-0.05, 0) is 25.7 Å². The Balaban J connectivity index is 0.00000124. The summed E-state index contributed by atoms with van der Waals surface area (Å²) in [5, 5.41) is 36.6. The van der Waals surface area contributed by atoms with Crippen LogP contribution in [0.15, 0.2) is 0 Å². The highest BCUT2D eigenvalue weighted by Gasteiger charge is 2.39. The molecule has 12 nitrogen and oxygen atoms in total. The van der Waals surface area contributed by atoms with Gasteiger partial charge in [-0.25, -0.2) is 0 Å². The van der Waals surface area contributed by atoms with Gasteiger partial charge >= 0.3 is 23.9 Å². The maximum Gasteiger partial charge on any atom is 0.308 e. The summed E-state index contributed by atoms with van der Waals surface area (Å²) in [7, 11) is 0. The average molecular weight is 531 g/mol. The summed E-state index contributed by atoms with van der Waals surface area (Å²) in [4.78, 5) is 67.3. The molecule has 2 saturated heterocycles. The van der Waals surface area contributed by atoms with Crippen molar-refractivity contribution >= 4 is 35.4 Å². The van der Waals surface area contributed by atoms with Gasteiger partial charge in [-0.1, -0.05) is 6.92 Å². The van der Waals surface area contributed by atoms with Crippen LogP contribution in [0, 0.1) is 0 Å². The second kappa shape index (κ2) is 16.1. The van der Waals surface area contributed by atoms with E-state index in [2.05, 4.69) is 0 Å². The monoisotopic (exact) mass is 530 g/mol. The summed E-state index contributed by atoms with van der Waals surface area (Å²) in [5.74, 6) is -3.06. The van der Waals surface area contributed by atoms with E-state index < -0.39 is 47.8 Å². The molecule has 0 saturated carbocycles. The van der Waals surface area contributed by atoms with Crippen molar-refractivity contribution in [1.29, 1.82) is 0 Å². The van der Waals surface area contributed by atoms with E-state index in [4.69, 9.17) is 19.7 Å². The Morgan fingerprint density at radius 2 is 1.41 bits per heavy atom. The van der Waals surface area contributed by atoms with Crippen LogP contribution in [0.1, 0.15) is 96.8 Å². The molecule has 0 spiro atoms. The summed E-state index contributed by atoms with van der Waals surface area (Å²) < 4.78 is 10.3. The number of aliphatic hydroxyl groups excluding tert-OH is 1. The molecule has 0 aliphatic carbocycles. The van der Waals surface area contributed by atoms with Crippen LogP contribution in [0.5, 0.6) is 0 Å². The number of aliphatic hydroxyl groups is 2. The minimum atomic E-state index is -1.33. The summed E-state index contributed by atoms with van der Waals surface area (Å²) in [6.45, 7) is 1.60. The Morgan fingerprint density at radius 3 is 1.92 bits per heavy atom. The zero-order chi connectivity index (χ0) is 28.0. The van der Waals surface area contributed by atoms with Gasteiger partial charge in [-0.3, -0.25) is 28.8 Å². The molecule has 0 aromatic rings. The van der Waals surface area contributed by atoms with Gasteiger partial charge in [0.15, 0.2) is 0 Å². The number of Topliss-reactive ketones (excluding diaryl/α,β-unsaturated/α-hetero) is 2. The molecule has 2 heterocycles. The Labute approximate surface area is 215 Å². The van der Waals surface area contributed by atoms with Gasteiger partial charge in [0.05, 0.1) is 24.5 Å². The number of hydrogen-bond acceptors (Lipinski definition) is 10. The van der Waals surface area contributed by atoms with Crippen LogP contribution in [0.3, 0.4) is 0 Å². The second-order valence-electron chi connectivity index (χ2n) is 9.57. The molecular formula is C25H38O12. The first-order chi connectivity index (χ1) is 17.3. The van der Waals surface area contributed by atoms with Crippen molar-refractivity contribution in [3.05, 3.63) is 0 Å². The third-order valence-electron chi connectivity index (χ3n) is 6.12. The van der Waals surface area contributed by atoms with E-state index >= 15 is 0 Å². The number of esters is 2. The van der Waals surface area contributed by atoms with Crippen molar-refractivity contribution in [3.63, 3.8) is 0 Å². The van der Waals surface area contributed by atoms with E-state index in [1.165, 1.54) is 0 Å². The van der Waals surface area contributed by atoms with Crippen molar-refractivity contribution in [1.82, 2.24) is 0 Å². The lowest BCUT2D eigenvalue weighted by atomic mass is 9.84. The molecule has 2 aliphatic heterocycles. The van der Waals surface area contributed by atoms with E-state index in [1.54, 1.807) is 6.92 Å². The minimum Gasteiger partial charge on any atom is -0.481 e. The van der Waals surface area contributed by atoms with Crippen LogP contribution >= 0.6 is 0 Å². The number of ether oxygens (including phenoxy) is 2. The van der Waals surface area contributed by atoms with Crippen molar-refractivity contribution in [2.24, 2.45) is 0 Å². The van der Waals surface area contributed by atoms with Crippen LogP contribution in [-0.4, -0.2) is 79.8 Å². The number of carbonyl (C=O) groups is 6. The van der Waals surface area contributed by atoms with Crippen LogP contribution in [0.4, 0.5) is 0 Å². The first-order valence-electron chi connectivity index (χ1n) is 12.6. The van der Waals surface area contributed by atoms with Crippen LogP contribution in [0.2, 0.25) is 0 Å². The number of carboxylic acid groups (broad SMARTS) is 2. The first-order valence-corrected chi connectivity index (χ1v) is 12.6. The van der Waals surface area contributed by atoms with Crippen LogP contribution in [0.25, 0.3) is 0 Å². The fourth-order valence-corrected chi connectivity index (χ4v) is 4.16. The molecule has 12 heteroatoms. The van der Waals surface area contributed by atoms with E-state index in [1.807, 2.05) is 0 Å². The third kappa shape index (κ3) is 14.5. The van der Waals surface area contributed by atoms with Gasteiger partial charge in [0.1, 0.15) is 23.8 Å². The second-order valence-corrected chi connectivity index (χ2v) is 9.57. The minimum absolute atomic E-state index is 0.0327. The molecule has 2 fully saturated rings. The molecule has 0 radical (unpaired) electrons. The standard InChI is InChI=1S/C22H32O10.C3H6O2/c23-14(5-7-17-10-16(25)11-20(28)31-17)3-4-15(24)6-8-18-12-22(30,13-21(29)32-18)9-1-2-19(26)27;1-2-3(4)5/h16-18,25,30H,1-13H2,(H,26,27);2H2,1H3,(H,4,5). The summed E-state index contributed by atoms with van der Waals surface area (Å²) in [5.41, 5.74) is -1.33. The largest absolute Gasteiger partial charge is 0.481 e. The molecule has 0 bridgehead atoms. The highest BCUT2D eigenvalue weighted by Crippen LogP contribution is 2.32. The number of hydrogen-bond donors (Lipinski definition) is 4. The lowest BCUT2D eigenvalue weighted by Gasteiger charge is -2.36. The third-order valence-corrected chi connectivity index (χ3v) is 6.12. The fourth-order valence-electron chi connectivity index (χ4n) is 4.16. The molecule has 2 aliphatic rings. The molecule has 2 rings (SSSR count). The van der Waals surface area contributed by atoms with Gasteiger partial charge in [-0.15, -0.1) is 0 Å². The molecule has 0 aromatic carbocycles. The lowest BCUT2D eigenvalue weighted by molar-refractivity contribution is -0.172. The summed E-state index contributed by atoms with van der Waals surface area (Å²) in [6.07, 6.45) is -0.188. The summed E-state index contributed by atoms with van der Waals surface area (Å²) in [6, 6.07) is 0. The molecular weight excluding hydrogens is 492 g/mol. The molecule has 210 valence electrons. The molecule has 4 unspecified atom stereocenters. The quantitative estimate of drug-likeness (QED) is 0.237. The number of ketones is 2. The van der Waals surface area contributed by atoms with Crippen molar-refractivity contribution in [2.45, 2.75) is 121 Å². The smallest absolute Gasteiger partial charge is 0.308 e. The average Bonchev–Trinajstić information content (AvgIpc) is 2.79. The van der Waals surface area contributed by atoms with Crippen molar-refractivity contribution in [3.8, 4) is 0 Å². The zero-order valence-electron chi connectivity index (χ0n) is 21.2. The van der Waals surface area contributed by atoms with E-state index in [0.717, 1.165) is 0 Å². The first kappa shape index (κ1) is 32.2. The molecule has 0 amide bonds. The highest BCUT2D eigenvalue weighted by atomic mass is 16.6. The Kier molecular flexibility index (Phi) is 14.0. The normalized spacial score (nSPS) is 25.2. The van der Waals surface area contributed by atoms with Gasteiger partial charge in [0, 0.05) is 51.4 Å². The molecule has 4 N–H and O–H groups in total. The molecule has 0 aromatic heterocycles. The number of cyclic esters (lactones) is 2. The SMILES string of the molecule is CCC(=O)O.O=C(O)CCCC1(O)CC(=O)OC(CCC(=O)CCC(=O)CCC2CC(O)CC(=O)O2)C1. The highest BCUT2D eigenvalue weighted by molar-refractivity contribution is 5.86. The lowest BCUT2D eigenvalue weighted by Crippen LogP contribution is -2.43. The van der Waals surface area contributed by atoms with E-state index in [9.17, 15) is 39.0 Å². The van der Waals surface area contributed by atoms with Crippen molar-refractivity contribution in [2.75, 3.05) is 0 Å². The maximum absolute atomic E-state index is 12.1. The Bertz CT molecular complexity index is 822. The predicted octanol–water partition coefficient (Wildman–Crippen LogP) is 1.70. The van der Waals surface area contributed by atoms with Gasteiger partial charge in [-0.2, -0.15) is 0 Å². The molecule has 4 atom stereocenters. The Hall–Kier alpha value is -2.86. The van der Waals surface area contributed by atoms with Gasteiger partial charge < -0.3 is 29.9 Å². The topological polar surface area (TPSA) is 202 Å². The maximum atomic E-state index is 12.1. The fraction of sp³-hybridized carbons (Fsp3) is 0.760. The van der Waals surface area contributed by atoms with Gasteiger partial charge in [0.2, 0.25) is 0 Å². The number of rotatable bonds is 14. The molecule has 37 heavy (non-hydrogen) atoms. The predicted molar refractivity (Wildman–Crippen MR) is 126 cm³/mol. The number of carbonyl (C=O) groups excluding carboxylic acids is 4. The zero-order valence-corrected chi connectivity index (χ0v) is 21.2. The summed E-state index contributed by atoms with van der Waals surface area (Å²) >= 11 is 0. The van der Waals surface area contributed by atoms with Gasteiger partial charge in [0.25, 0.3) is 0 Å². The van der Waals surface area contributed by atoms with E-state index in [0.29, 0.717) is 12.8 Å². The van der Waals surface area contributed by atoms with E-state index in [-0.39, 0.29) is 88.6 Å². The van der Waals surface area contributed by atoms with Crippen LogP contribution in [-0.2, 0) is 38.2 Å².